The van der Waals surface area contributed by atoms with Crippen molar-refractivity contribution in [1.29, 1.82) is 0 Å². The maximum atomic E-state index is 13.4. The molecule has 190 valence electrons. The highest BCUT2D eigenvalue weighted by molar-refractivity contribution is 5.95. The molecule has 0 atom stereocenters. The number of aromatic nitrogens is 2. The lowest BCUT2D eigenvalue weighted by molar-refractivity contribution is 0.0745. The molecule has 0 radical (unpaired) electrons. The number of rotatable bonds is 9. The van der Waals surface area contributed by atoms with Crippen LogP contribution in [0.2, 0.25) is 0 Å². The van der Waals surface area contributed by atoms with Crippen LogP contribution < -0.4 is 24.0 Å². The third-order valence-electron chi connectivity index (χ3n) is 6.02. The number of amides is 1. The quantitative estimate of drug-likeness (QED) is 0.531. The summed E-state index contributed by atoms with van der Waals surface area (Å²) in [4.78, 5) is 19.6. The number of ether oxygens (including phenoxy) is 4. The lowest BCUT2D eigenvalue weighted by Crippen LogP contribution is -2.49. The molecule has 35 heavy (non-hydrogen) atoms. The van der Waals surface area contributed by atoms with Crippen molar-refractivity contribution in [2.75, 3.05) is 82.1 Å². The van der Waals surface area contributed by atoms with E-state index < -0.39 is 0 Å². The first-order valence-corrected chi connectivity index (χ1v) is 12.4. The fourth-order valence-corrected chi connectivity index (χ4v) is 4.28. The number of hydrogen-bond acceptors (Lipinski definition) is 9. The van der Waals surface area contributed by atoms with Gasteiger partial charge in [0, 0.05) is 44.8 Å². The molecule has 3 heterocycles. The second-order valence-electron chi connectivity index (χ2n) is 8.23. The van der Waals surface area contributed by atoms with Crippen LogP contribution in [0.5, 0.6) is 17.2 Å². The van der Waals surface area contributed by atoms with Gasteiger partial charge in [-0.3, -0.25) is 4.79 Å². The number of carbonyl (C=O) groups is 1. The molecular formula is C25H35N5O5. The van der Waals surface area contributed by atoms with E-state index in [1.165, 1.54) is 0 Å². The van der Waals surface area contributed by atoms with Crippen LogP contribution in [0.4, 0.5) is 11.6 Å². The van der Waals surface area contributed by atoms with E-state index in [9.17, 15) is 4.79 Å². The van der Waals surface area contributed by atoms with Crippen molar-refractivity contribution in [2.24, 2.45) is 0 Å². The molecule has 0 bridgehead atoms. The molecule has 10 nitrogen and oxygen atoms in total. The Morgan fingerprint density at radius 3 is 1.80 bits per heavy atom. The zero-order valence-electron chi connectivity index (χ0n) is 20.9. The number of piperazine rings is 1. The van der Waals surface area contributed by atoms with E-state index in [1.54, 1.807) is 12.1 Å². The first kappa shape index (κ1) is 24.8. The Labute approximate surface area is 206 Å². The number of hydrogen-bond donors (Lipinski definition) is 0. The molecule has 4 rings (SSSR count). The monoisotopic (exact) mass is 485 g/mol. The van der Waals surface area contributed by atoms with E-state index in [0.717, 1.165) is 24.7 Å². The van der Waals surface area contributed by atoms with Gasteiger partial charge in [0.15, 0.2) is 23.1 Å². The maximum absolute atomic E-state index is 13.4. The summed E-state index contributed by atoms with van der Waals surface area (Å²) in [7, 11) is 0. The Morgan fingerprint density at radius 1 is 0.800 bits per heavy atom. The molecular weight excluding hydrogens is 450 g/mol. The molecule has 0 unspecified atom stereocenters. The minimum Gasteiger partial charge on any atom is -0.490 e. The van der Waals surface area contributed by atoms with E-state index in [-0.39, 0.29) is 5.91 Å². The van der Waals surface area contributed by atoms with Crippen molar-refractivity contribution < 1.29 is 23.7 Å². The topological polar surface area (TPSA) is 89.5 Å². The van der Waals surface area contributed by atoms with Crippen LogP contribution in [0.15, 0.2) is 24.3 Å². The molecule has 2 aliphatic heterocycles. The van der Waals surface area contributed by atoms with Crippen LogP contribution >= 0.6 is 0 Å². The lowest BCUT2D eigenvalue weighted by atomic mass is 10.1. The van der Waals surface area contributed by atoms with Crippen LogP contribution in [-0.2, 0) is 4.74 Å². The predicted molar refractivity (Wildman–Crippen MR) is 133 cm³/mol. The molecule has 1 amide bonds. The molecule has 0 aliphatic carbocycles. The number of morpholine rings is 1. The summed E-state index contributed by atoms with van der Waals surface area (Å²) in [5.74, 6) is 3.24. The van der Waals surface area contributed by atoms with Gasteiger partial charge >= 0.3 is 0 Å². The van der Waals surface area contributed by atoms with Gasteiger partial charge < -0.3 is 33.6 Å². The Hall–Kier alpha value is -3.27. The summed E-state index contributed by atoms with van der Waals surface area (Å²) >= 11 is 0. The summed E-state index contributed by atoms with van der Waals surface area (Å²) in [5, 5.41) is 8.86. The minimum atomic E-state index is -0.0524. The van der Waals surface area contributed by atoms with Crippen molar-refractivity contribution in [2.45, 2.75) is 20.8 Å². The third kappa shape index (κ3) is 5.87. The molecule has 0 saturated carbocycles. The molecule has 2 aliphatic rings. The van der Waals surface area contributed by atoms with Gasteiger partial charge in [0.1, 0.15) is 0 Å². The second-order valence-corrected chi connectivity index (χ2v) is 8.23. The molecule has 1 aromatic carbocycles. The van der Waals surface area contributed by atoms with Crippen molar-refractivity contribution in [3.05, 3.63) is 29.8 Å². The van der Waals surface area contributed by atoms with Gasteiger partial charge in [0.2, 0.25) is 5.75 Å². The van der Waals surface area contributed by atoms with Gasteiger partial charge in [-0.2, -0.15) is 0 Å². The fourth-order valence-electron chi connectivity index (χ4n) is 4.28. The van der Waals surface area contributed by atoms with Crippen molar-refractivity contribution in [1.82, 2.24) is 15.1 Å². The highest BCUT2D eigenvalue weighted by atomic mass is 16.5. The fraction of sp³-hybridized carbons (Fsp3) is 0.560. The van der Waals surface area contributed by atoms with Gasteiger partial charge in [-0.1, -0.05) is 0 Å². The zero-order chi connectivity index (χ0) is 24.6. The van der Waals surface area contributed by atoms with E-state index >= 15 is 0 Å². The predicted octanol–water partition coefficient (Wildman–Crippen LogP) is 2.47. The molecule has 1 aromatic heterocycles. The van der Waals surface area contributed by atoms with E-state index in [1.807, 2.05) is 37.8 Å². The number of nitrogens with zero attached hydrogens (tertiary/aromatic N) is 5. The van der Waals surface area contributed by atoms with Crippen molar-refractivity contribution in [3.63, 3.8) is 0 Å². The average molecular weight is 486 g/mol. The third-order valence-corrected chi connectivity index (χ3v) is 6.02. The highest BCUT2D eigenvalue weighted by Crippen LogP contribution is 2.39. The minimum absolute atomic E-state index is 0.0524. The van der Waals surface area contributed by atoms with Crippen LogP contribution in [-0.4, -0.2) is 93.3 Å². The maximum Gasteiger partial charge on any atom is 0.254 e. The van der Waals surface area contributed by atoms with Crippen LogP contribution in [0.1, 0.15) is 31.1 Å². The number of carbonyl (C=O) groups excluding carboxylic acids is 1. The summed E-state index contributed by atoms with van der Waals surface area (Å²) in [6.45, 7) is 12.8. The van der Waals surface area contributed by atoms with Gasteiger partial charge in [0.05, 0.1) is 33.0 Å². The van der Waals surface area contributed by atoms with Gasteiger partial charge in [-0.15, -0.1) is 10.2 Å². The smallest absolute Gasteiger partial charge is 0.254 e. The molecule has 2 saturated heterocycles. The molecule has 10 heteroatoms. The van der Waals surface area contributed by atoms with E-state index in [0.29, 0.717) is 82.0 Å². The second kappa shape index (κ2) is 11.9. The standard InChI is InChI=1S/C25H35N5O5/c1-4-33-20-17-19(18-21(34-5-2)24(20)35-6-3)25(31)30-11-9-28(10-12-30)22-7-8-23(27-26-22)29-13-15-32-16-14-29/h7-8,17-18H,4-6,9-16H2,1-3H3. The van der Waals surface area contributed by atoms with Crippen molar-refractivity contribution in [3.8, 4) is 17.2 Å². The Bertz CT molecular complexity index is 946. The average Bonchev–Trinajstić information content (AvgIpc) is 2.91. The summed E-state index contributed by atoms with van der Waals surface area (Å²) in [5.41, 5.74) is 0.531. The Balaban J connectivity index is 1.42. The highest BCUT2D eigenvalue weighted by Gasteiger charge is 2.26. The first-order chi connectivity index (χ1) is 17.1. The van der Waals surface area contributed by atoms with Gasteiger partial charge in [0.25, 0.3) is 5.91 Å². The largest absolute Gasteiger partial charge is 0.490 e. The van der Waals surface area contributed by atoms with E-state index in [4.69, 9.17) is 18.9 Å². The lowest BCUT2D eigenvalue weighted by Gasteiger charge is -2.35. The van der Waals surface area contributed by atoms with Crippen LogP contribution in [0, 0.1) is 0 Å². The summed E-state index contributed by atoms with van der Waals surface area (Å²) in [6.07, 6.45) is 0. The molecule has 0 spiro atoms. The first-order valence-electron chi connectivity index (χ1n) is 12.4. The van der Waals surface area contributed by atoms with Crippen LogP contribution in [0.3, 0.4) is 0 Å². The van der Waals surface area contributed by atoms with Crippen LogP contribution in [0.25, 0.3) is 0 Å². The SMILES string of the molecule is CCOc1cc(C(=O)N2CCN(c3ccc(N4CCOCC4)nn3)CC2)cc(OCC)c1OCC. The van der Waals surface area contributed by atoms with E-state index in [2.05, 4.69) is 20.0 Å². The van der Waals surface area contributed by atoms with Gasteiger partial charge in [-0.05, 0) is 45.0 Å². The summed E-state index contributed by atoms with van der Waals surface area (Å²) in [6, 6.07) is 7.52. The number of benzene rings is 1. The van der Waals surface area contributed by atoms with Crippen molar-refractivity contribution >= 4 is 17.5 Å². The Morgan fingerprint density at radius 2 is 1.31 bits per heavy atom. The Kier molecular flexibility index (Phi) is 8.46. The molecule has 0 N–H and O–H groups in total. The van der Waals surface area contributed by atoms with Gasteiger partial charge in [-0.25, -0.2) is 0 Å². The number of anilines is 2. The molecule has 2 aromatic rings. The zero-order valence-corrected chi connectivity index (χ0v) is 20.9. The summed E-state index contributed by atoms with van der Waals surface area (Å²) < 4.78 is 22.7. The molecule has 2 fully saturated rings. The normalized spacial score (nSPS) is 16.3.